The summed E-state index contributed by atoms with van der Waals surface area (Å²) in [7, 11) is 4.13. The third kappa shape index (κ3) is 3.29. The molecule has 0 unspecified atom stereocenters. The minimum atomic E-state index is -0.150. The fourth-order valence-corrected chi connectivity index (χ4v) is 2.60. The summed E-state index contributed by atoms with van der Waals surface area (Å²) in [5, 5.41) is 4.04. The average molecular weight is 311 g/mol. The Morgan fingerprint density at radius 3 is 2.78 bits per heavy atom. The Bertz CT molecular complexity index is 830. The number of rotatable bonds is 5. The molecule has 5 heteroatoms. The number of benzene rings is 1. The van der Waals surface area contributed by atoms with Crippen molar-refractivity contribution in [1.29, 1.82) is 0 Å². The molecule has 1 N–H and O–H groups in total. The van der Waals surface area contributed by atoms with Gasteiger partial charge in [0.05, 0.1) is 11.8 Å². The van der Waals surface area contributed by atoms with Gasteiger partial charge in [0.2, 0.25) is 0 Å². The first-order chi connectivity index (χ1) is 11.0. The van der Waals surface area contributed by atoms with Gasteiger partial charge in [-0.15, -0.1) is 0 Å². The van der Waals surface area contributed by atoms with E-state index < -0.39 is 0 Å². The summed E-state index contributed by atoms with van der Waals surface area (Å²) >= 11 is 0. The van der Waals surface area contributed by atoms with E-state index in [-0.39, 0.29) is 5.91 Å². The molecule has 5 nitrogen and oxygen atoms in total. The standard InChI is InChI=1S/C18H21N3O2/c1-13-16(7-11-23-13)18(22)19-15-4-5-17-14(12-15)6-8-21(17)10-9-20(2)3/h4-8,11-12H,9-10H2,1-3H3,(H,19,22). The van der Waals surface area contributed by atoms with Crippen molar-refractivity contribution in [2.24, 2.45) is 0 Å². The van der Waals surface area contributed by atoms with Gasteiger partial charge in [0, 0.05) is 35.9 Å². The molecule has 0 fully saturated rings. The normalized spacial score (nSPS) is 11.3. The van der Waals surface area contributed by atoms with Gasteiger partial charge >= 0.3 is 0 Å². The highest BCUT2D eigenvalue weighted by atomic mass is 16.3. The molecule has 1 aromatic carbocycles. The van der Waals surface area contributed by atoms with Crippen LogP contribution in [0.5, 0.6) is 0 Å². The number of fused-ring (bicyclic) bond motifs is 1. The first kappa shape index (κ1) is 15.4. The zero-order valence-electron chi connectivity index (χ0n) is 13.7. The first-order valence-electron chi connectivity index (χ1n) is 7.63. The quantitative estimate of drug-likeness (QED) is 0.786. The summed E-state index contributed by atoms with van der Waals surface area (Å²) in [6.45, 7) is 3.71. The Hall–Kier alpha value is -2.53. The van der Waals surface area contributed by atoms with E-state index in [1.165, 1.54) is 11.8 Å². The maximum atomic E-state index is 12.2. The van der Waals surface area contributed by atoms with Crippen LogP contribution in [0.4, 0.5) is 5.69 Å². The van der Waals surface area contributed by atoms with Crippen molar-refractivity contribution in [3.63, 3.8) is 0 Å². The highest BCUT2D eigenvalue weighted by Gasteiger charge is 2.12. The molecule has 0 atom stereocenters. The fraction of sp³-hybridized carbons (Fsp3) is 0.278. The fourth-order valence-electron chi connectivity index (χ4n) is 2.60. The van der Waals surface area contributed by atoms with Gasteiger partial charge in [-0.3, -0.25) is 4.79 Å². The highest BCUT2D eigenvalue weighted by Crippen LogP contribution is 2.21. The van der Waals surface area contributed by atoms with E-state index in [9.17, 15) is 4.79 Å². The summed E-state index contributed by atoms with van der Waals surface area (Å²) in [5.74, 6) is 0.473. The van der Waals surface area contributed by atoms with Gasteiger partial charge in [0.15, 0.2) is 0 Å². The highest BCUT2D eigenvalue weighted by molar-refractivity contribution is 6.05. The monoisotopic (exact) mass is 311 g/mol. The zero-order valence-corrected chi connectivity index (χ0v) is 13.7. The summed E-state index contributed by atoms with van der Waals surface area (Å²) in [4.78, 5) is 14.4. The second kappa shape index (κ2) is 6.30. The smallest absolute Gasteiger partial charge is 0.259 e. The van der Waals surface area contributed by atoms with Crippen molar-refractivity contribution in [1.82, 2.24) is 9.47 Å². The van der Waals surface area contributed by atoms with Crippen molar-refractivity contribution in [2.75, 3.05) is 26.0 Å². The Morgan fingerprint density at radius 2 is 2.09 bits per heavy atom. The van der Waals surface area contributed by atoms with Gasteiger partial charge in [0.1, 0.15) is 5.76 Å². The molecule has 120 valence electrons. The Kier molecular flexibility index (Phi) is 4.21. The lowest BCUT2D eigenvalue weighted by Crippen LogP contribution is -2.17. The molecule has 0 saturated heterocycles. The Balaban J connectivity index is 1.78. The van der Waals surface area contributed by atoms with Crippen molar-refractivity contribution >= 4 is 22.5 Å². The number of aromatic nitrogens is 1. The molecule has 2 aromatic heterocycles. The molecule has 0 spiro atoms. The van der Waals surface area contributed by atoms with Crippen LogP contribution in [0, 0.1) is 6.92 Å². The third-order valence-electron chi connectivity index (χ3n) is 3.92. The van der Waals surface area contributed by atoms with Crippen LogP contribution < -0.4 is 5.32 Å². The van der Waals surface area contributed by atoms with E-state index in [0.717, 1.165) is 24.2 Å². The molecule has 23 heavy (non-hydrogen) atoms. The lowest BCUT2D eigenvalue weighted by Gasteiger charge is -2.11. The van der Waals surface area contributed by atoms with Crippen LogP contribution in [-0.4, -0.2) is 36.0 Å². The molecular formula is C18H21N3O2. The molecule has 0 aliphatic rings. The molecule has 0 aliphatic heterocycles. The first-order valence-corrected chi connectivity index (χ1v) is 7.63. The van der Waals surface area contributed by atoms with Crippen molar-refractivity contribution in [3.8, 4) is 0 Å². The number of hydrogen-bond donors (Lipinski definition) is 1. The second-order valence-corrected chi connectivity index (χ2v) is 5.93. The van der Waals surface area contributed by atoms with E-state index in [0.29, 0.717) is 11.3 Å². The van der Waals surface area contributed by atoms with Gasteiger partial charge in [-0.25, -0.2) is 0 Å². The summed E-state index contributed by atoms with van der Waals surface area (Å²) in [6, 6.07) is 9.73. The molecule has 3 aromatic rings. The van der Waals surface area contributed by atoms with Crippen LogP contribution in [0.25, 0.3) is 10.9 Å². The summed E-state index contributed by atoms with van der Waals surface area (Å²) in [5.41, 5.74) is 2.52. The molecule has 2 heterocycles. The molecule has 0 aliphatic carbocycles. The van der Waals surface area contributed by atoms with Crippen LogP contribution >= 0.6 is 0 Å². The number of amides is 1. The molecular weight excluding hydrogens is 290 g/mol. The van der Waals surface area contributed by atoms with E-state index in [1.807, 2.05) is 18.2 Å². The number of likely N-dealkylation sites (N-methyl/N-ethyl adjacent to an activating group) is 1. The number of carbonyl (C=O) groups excluding carboxylic acids is 1. The topological polar surface area (TPSA) is 50.4 Å². The second-order valence-electron chi connectivity index (χ2n) is 5.93. The van der Waals surface area contributed by atoms with Gasteiger partial charge in [-0.05, 0) is 51.4 Å². The minimum Gasteiger partial charge on any atom is -0.469 e. The summed E-state index contributed by atoms with van der Waals surface area (Å²) < 4.78 is 7.40. The maximum Gasteiger partial charge on any atom is 0.259 e. The van der Waals surface area contributed by atoms with Gasteiger partial charge < -0.3 is 19.2 Å². The van der Waals surface area contributed by atoms with E-state index in [1.54, 1.807) is 13.0 Å². The van der Waals surface area contributed by atoms with Crippen LogP contribution in [-0.2, 0) is 6.54 Å². The summed E-state index contributed by atoms with van der Waals surface area (Å²) in [6.07, 6.45) is 3.61. The van der Waals surface area contributed by atoms with Crippen LogP contribution in [0.3, 0.4) is 0 Å². The van der Waals surface area contributed by atoms with E-state index in [2.05, 4.69) is 41.1 Å². The molecule has 1 amide bonds. The molecule has 3 rings (SSSR count). The molecule has 0 bridgehead atoms. The Labute approximate surface area is 135 Å². The number of anilines is 1. The largest absolute Gasteiger partial charge is 0.469 e. The average Bonchev–Trinajstić information content (AvgIpc) is 3.10. The number of nitrogens with one attached hydrogen (secondary N) is 1. The van der Waals surface area contributed by atoms with Gasteiger partial charge in [-0.2, -0.15) is 0 Å². The predicted octanol–water partition coefficient (Wildman–Crippen LogP) is 3.36. The number of nitrogens with zero attached hydrogens (tertiary/aromatic N) is 2. The number of hydrogen-bond acceptors (Lipinski definition) is 3. The SMILES string of the molecule is Cc1occc1C(=O)Nc1ccc2c(ccn2CCN(C)C)c1. The van der Waals surface area contributed by atoms with Crippen molar-refractivity contribution in [3.05, 3.63) is 54.1 Å². The molecule has 0 radical (unpaired) electrons. The number of aryl methyl sites for hydroxylation is 1. The minimum absolute atomic E-state index is 0.150. The van der Waals surface area contributed by atoms with Crippen LogP contribution in [0.15, 0.2) is 47.2 Å². The lowest BCUT2D eigenvalue weighted by atomic mass is 10.2. The van der Waals surface area contributed by atoms with E-state index >= 15 is 0 Å². The lowest BCUT2D eigenvalue weighted by molar-refractivity contribution is 0.102. The number of carbonyl (C=O) groups is 1. The third-order valence-corrected chi connectivity index (χ3v) is 3.92. The van der Waals surface area contributed by atoms with Gasteiger partial charge in [-0.1, -0.05) is 0 Å². The predicted molar refractivity (Wildman–Crippen MR) is 91.9 cm³/mol. The van der Waals surface area contributed by atoms with E-state index in [4.69, 9.17) is 4.42 Å². The van der Waals surface area contributed by atoms with Crippen LogP contribution in [0.1, 0.15) is 16.1 Å². The number of furan rings is 1. The van der Waals surface area contributed by atoms with Crippen molar-refractivity contribution < 1.29 is 9.21 Å². The zero-order chi connectivity index (χ0) is 16.4. The van der Waals surface area contributed by atoms with Gasteiger partial charge in [0.25, 0.3) is 5.91 Å². The maximum absolute atomic E-state index is 12.2. The van der Waals surface area contributed by atoms with Crippen molar-refractivity contribution in [2.45, 2.75) is 13.5 Å². The van der Waals surface area contributed by atoms with Crippen LogP contribution in [0.2, 0.25) is 0 Å². The Morgan fingerprint density at radius 1 is 1.26 bits per heavy atom. The molecule has 0 saturated carbocycles.